The summed E-state index contributed by atoms with van der Waals surface area (Å²) in [5, 5.41) is 11.6. The number of nitrogens with zero attached hydrogens (tertiary/aromatic N) is 2. The first-order valence-corrected chi connectivity index (χ1v) is 8.17. The first-order valence-electron chi connectivity index (χ1n) is 6.26. The monoisotopic (exact) mass is 404 g/mol. The summed E-state index contributed by atoms with van der Waals surface area (Å²) in [6, 6.07) is 4.50. The summed E-state index contributed by atoms with van der Waals surface area (Å²) in [5.74, 6) is 0.281. The van der Waals surface area contributed by atoms with Crippen LogP contribution in [0.15, 0.2) is 22.7 Å². The zero-order valence-electron chi connectivity index (χ0n) is 10.9. The van der Waals surface area contributed by atoms with Crippen molar-refractivity contribution in [3.8, 4) is 0 Å². The van der Waals surface area contributed by atoms with Crippen LogP contribution in [0.2, 0.25) is 0 Å². The van der Waals surface area contributed by atoms with Crippen molar-refractivity contribution in [2.75, 3.05) is 11.9 Å². The lowest BCUT2D eigenvalue weighted by molar-refractivity contribution is -0.385. The molecule has 0 saturated carbocycles. The number of carbonyl (C=O) groups excluding carboxylic acids is 1. The first kappa shape index (κ1) is 15.4. The van der Waals surface area contributed by atoms with Crippen LogP contribution in [0.3, 0.4) is 0 Å². The Bertz CT molecular complexity index is 550. The summed E-state index contributed by atoms with van der Waals surface area (Å²) in [4.78, 5) is 24.7. The SMILES string of the molecule is CC1CCN(C(=O)c2cc(Br)cc([N+](=O)[O-])c2)C1CBr. The lowest BCUT2D eigenvalue weighted by Gasteiger charge is -2.25. The molecule has 0 radical (unpaired) electrons. The van der Waals surface area contributed by atoms with Gasteiger partial charge in [0.05, 0.1) is 4.92 Å². The van der Waals surface area contributed by atoms with Crippen molar-refractivity contribution in [2.45, 2.75) is 19.4 Å². The van der Waals surface area contributed by atoms with E-state index in [9.17, 15) is 14.9 Å². The van der Waals surface area contributed by atoms with Crippen molar-refractivity contribution < 1.29 is 9.72 Å². The summed E-state index contributed by atoms with van der Waals surface area (Å²) >= 11 is 6.66. The molecule has 1 aliphatic heterocycles. The van der Waals surface area contributed by atoms with E-state index in [1.165, 1.54) is 12.1 Å². The van der Waals surface area contributed by atoms with E-state index in [1.807, 2.05) is 0 Å². The quantitative estimate of drug-likeness (QED) is 0.438. The van der Waals surface area contributed by atoms with Gasteiger partial charge in [-0.05, 0) is 18.4 Å². The van der Waals surface area contributed by atoms with E-state index in [2.05, 4.69) is 38.8 Å². The van der Waals surface area contributed by atoms with Crippen molar-refractivity contribution in [3.63, 3.8) is 0 Å². The van der Waals surface area contributed by atoms with E-state index in [1.54, 1.807) is 11.0 Å². The Morgan fingerprint density at radius 2 is 2.20 bits per heavy atom. The van der Waals surface area contributed by atoms with Gasteiger partial charge >= 0.3 is 0 Å². The molecule has 20 heavy (non-hydrogen) atoms. The van der Waals surface area contributed by atoms with Crippen molar-refractivity contribution in [2.24, 2.45) is 5.92 Å². The number of nitro groups is 1. The normalized spacial score (nSPS) is 22.1. The Balaban J connectivity index is 2.32. The van der Waals surface area contributed by atoms with Gasteiger partial charge in [-0.15, -0.1) is 0 Å². The third-order valence-corrected chi connectivity index (χ3v) is 4.76. The zero-order valence-corrected chi connectivity index (χ0v) is 14.1. The number of benzene rings is 1. The molecule has 1 aliphatic rings. The van der Waals surface area contributed by atoms with E-state index >= 15 is 0 Å². The minimum atomic E-state index is -0.490. The Labute approximate surface area is 133 Å². The number of likely N-dealkylation sites (tertiary alicyclic amines) is 1. The average molecular weight is 406 g/mol. The molecule has 0 aliphatic carbocycles. The van der Waals surface area contributed by atoms with Gasteiger partial charge in [0.2, 0.25) is 0 Å². The van der Waals surface area contributed by atoms with Crippen LogP contribution in [0.1, 0.15) is 23.7 Å². The van der Waals surface area contributed by atoms with E-state index in [0.29, 0.717) is 22.5 Å². The minimum absolute atomic E-state index is 0.0784. The predicted octanol–water partition coefficient (Wildman–Crippen LogP) is 3.60. The maximum Gasteiger partial charge on any atom is 0.271 e. The van der Waals surface area contributed by atoms with Crippen molar-refractivity contribution in [1.82, 2.24) is 4.90 Å². The highest BCUT2D eigenvalue weighted by Crippen LogP contribution is 2.29. The van der Waals surface area contributed by atoms with E-state index in [4.69, 9.17) is 0 Å². The number of hydrogen-bond acceptors (Lipinski definition) is 3. The van der Waals surface area contributed by atoms with Crippen LogP contribution in [0.4, 0.5) is 5.69 Å². The van der Waals surface area contributed by atoms with Crippen LogP contribution in [0, 0.1) is 16.0 Å². The van der Waals surface area contributed by atoms with Gasteiger partial charge in [-0.25, -0.2) is 0 Å². The van der Waals surface area contributed by atoms with E-state index in [0.717, 1.165) is 11.8 Å². The van der Waals surface area contributed by atoms with E-state index in [-0.39, 0.29) is 17.6 Å². The molecule has 108 valence electrons. The van der Waals surface area contributed by atoms with Gasteiger partial charge in [0.1, 0.15) is 0 Å². The highest BCUT2D eigenvalue weighted by molar-refractivity contribution is 9.10. The molecule has 1 aromatic carbocycles. The lowest BCUT2D eigenvalue weighted by Crippen LogP contribution is -2.38. The summed E-state index contributed by atoms with van der Waals surface area (Å²) in [7, 11) is 0. The van der Waals surface area contributed by atoms with Gasteiger partial charge in [0.25, 0.3) is 11.6 Å². The highest BCUT2D eigenvalue weighted by atomic mass is 79.9. The smallest absolute Gasteiger partial charge is 0.271 e. The second-order valence-corrected chi connectivity index (χ2v) is 6.50. The molecule has 1 amide bonds. The third kappa shape index (κ3) is 3.03. The molecule has 0 N–H and O–H groups in total. The predicted molar refractivity (Wildman–Crippen MR) is 83.2 cm³/mol. The number of hydrogen-bond donors (Lipinski definition) is 0. The molecular weight excluding hydrogens is 392 g/mol. The molecule has 2 rings (SSSR count). The number of rotatable bonds is 3. The fourth-order valence-electron chi connectivity index (χ4n) is 2.46. The average Bonchev–Trinajstić information content (AvgIpc) is 2.78. The van der Waals surface area contributed by atoms with Gasteiger partial charge in [-0.2, -0.15) is 0 Å². The number of non-ortho nitro benzene ring substituents is 1. The molecule has 1 aromatic rings. The summed E-state index contributed by atoms with van der Waals surface area (Å²) in [5.41, 5.74) is 0.275. The van der Waals surface area contributed by atoms with Crippen LogP contribution in [0.5, 0.6) is 0 Å². The summed E-state index contributed by atoms with van der Waals surface area (Å²) in [6.07, 6.45) is 0.956. The summed E-state index contributed by atoms with van der Waals surface area (Å²) < 4.78 is 0.540. The fraction of sp³-hybridized carbons (Fsp3) is 0.462. The maximum atomic E-state index is 12.6. The second kappa shape index (κ2) is 6.22. The lowest BCUT2D eigenvalue weighted by atomic mass is 10.0. The minimum Gasteiger partial charge on any atom is -0.335 e. The third-order valence-electron chi connectivity index (χ3n) is 3.64. The molecule has 2 unspecified atom stereocenters. The van der Waals surface area contributed by atoms with Gasteiger partial charge in [0.15, 0.2) is 0 Å². The fourth-order valence-corrected chi connectivity index (χ4v) is 3.93. The largest absolute Gasteiger partial charge is 0.335 e. The summed E-state index contributed by atoms with van der Waals surface area (Å²) in [6.45, 7) is 2.80. The van der Waals surface area contributed by atoms with Crippen LogP contribution < -0.4 is 0 Å². The second-order valence-electron chi connectivity index (χ2n) is 4.94. The zero-order chi connectivity index (χ0) is 14.9. The van der Waals surface area contributed by atoms with Crippen molar-refractivity contribution in [1.29, 1.82) is 0 Å². The highest BCUT2D eigenvalue weighted by Gasteiger charge is 2.34. The van der Waals surface area contributed by atoms with Crippen LogP contribution in [-0.2, 0) is 0 Å². The van der Waals surface area contributed by atoms with Crippen LogP contribution in [0.25, 0.3) is 0 Å². The molecule has 1 heterocycles. The Hall–Kier alpha value is -0.950. The number of carbonyl (C=O) groups is 1. The Kier molecular flexibility index (Phi) is 4.80. The maximum absolute atomic E-state index is 12.6. The van der Waals surface area contributed by atoms with Gasteiger partial charge in [-0.1, -0.05) is 38.8 Å². The molecule has 0 bridgehead atoms. The molecule has 7 heteroatoms. The van der Waals surface area contributed by atoms with Crippen LogP contribution >= 0.6 is 31.9 Å². The molecule has 5 nitrogen and oxygen atoms in total. The van der Waals surface area contributed by atoms with Gasteiger partial charge < -0.3 is 4.90 Å². The molecule has 2 atom stereocenters. The molecule has 1 saturated heterocycles. The molecule has 0 aromatic heterocycles. The molecular formula is C13H14Br2N2O3. The van der Waals surface area contributed by atoms with Crippen LogP contribution in [-0.4, -0.2) is 33.6 Å². The molecule has 1 fully saturated rings. The van der Waals surface area contributed by atoms with Crippen molar-refractivity contribution >= 4 is 43.5 Å². The Morgan fingerprint density at radius 3 is 2.80 bits per heavy atom. The van der Waals surface area contributed by atoms with Crippen molar-refractivity contribution in [3.05, 3.63) is 38.3 Å². The number of nitro benzene ring substituents is 1. The molecule has 0 spiro atoms. The topological polar surface area (TPSA) is 63.5 Å². The Morgan fingerprint density at radius 1 is 1.50 bits per heavy atom. The number of amides is 1. The van der Waals surface area contributed by atoms with Gasteiger partial charge in [0, 0.05) is 40.1 Å². The standard InChI is InChI=1S/C13H14Br2N2O3/c1-8-2-3-16(12(8)7-14)13(18)9-4-10(15)6-11(5-9)17(19)20/h4-6,8,12H,2-3,7H2,1H3. The number of halogens is 2. The first-order chi connectivity index (χ1) is 9.43. The number of alkyl halides is 1. The van der Waals surface area contributed by atoms with Gasteiger partial charge in [-0.3, -0.25) is 14.9 Å². The van der Waals surface area contributed by atoms with E-state index < -0.39 is 4.92 Å².